The van der Waals surface area contributed by atoms with Crippen molar-refractivity contribution in [1.82, 2.24) is 4.98 Å². The largest absolute Gasteiger partial charge is 0.497 e. The number of hydrogen-bond donors (Lipinski definition) is 1. The molecule has 0 aliphatic heterocycles. The van der Waals surface area contributed by atoms with Crippen molar-refractivity contribution in [2.24, 2.45) is 0 Å². The van der Waals surface area contributed by atoms with Crippen LogP contribution in [0, 0.1) is 6.92 Å². The standard InChI is InChI=1S/C13H12Br2N2O/c1-8-5-13(16-7-11(8)15)17-12-6-9(18-2)3-4-10(12)14/h3-7H,1-2H3,(H,16,17). The Balaban J connectivity index is 2.30. The lowest BCUT2D eigenvalue weighted by Crippen LogP contribution is -1.96. The predicted molar refractivity (Wildman–Crippen MR) is 80.7 cm³/mol. The summed E-state index contributed by atoms with van der Waals surface area (Å²) in [6, 6.07) is 7.74. The van der Waals surface area contributed by atoms with Crippen LogP contribution in [0.15, 0.2) is 39.4 Å². The Morgan fingerprint density at radius 1 is 1.17 bits per heavy atom. The van der Waals surface area contributed by atoms with E-state index in [-0.39, 0.29) is 0 Å². The molecule has 0 saturated heterocycles. The molecule has 0 spiro atoms. The molecule has 0 aliphatic rings. The van der Waals surface area contributed by atoms with Gasteiger partial charge in [-0.3, -0.25) is 0 Å². The number of methoxy groups -OCH3 is 1. The molecule has 5 heteroatoms. The summed E-state index contributed by atoms with van der Waals surface area (Å²) in [7, 11) is 1.65. The fraction of sp³-hybridized carbons (Fsp3) is 0.154. The van der Waals surface area contributed by atoms with Crippen LogP contribution in [0.3, 0.4) is 0 Å². The third-order valence-corrected chi connectivity index (χ3v) is 4.00. The van der Waals surface area contributed by atoms with Gasteiger partial charge in [-0.1, -0.05) is 0 Å². The minimum Gasteiger partial charge on any atom is -0.497 e. The van der Waals surface area contributed by atoms with Crippen LogP contribution in [0.1, 0.15) is 5.56 Å². The van der Waals surface area contributed by atoms with Crippen LogP contribution in [0.4, 0.5) is 11.5 Å². The van der Waals surface area contributed by atoms with Crippen molar-refractivity contribution in [1.29, 1.82) is 0 Å². The summed E-state index contributed by atoms with van der Waals surface area (Å²) in [5, 5.41) is 3.26. The highest BCUT2D eigenvalue weighted by atomic mass is 79.9. The van der Waals surface area contributed by atoms with Gasteiger partial charge in [0.1, 0.15) is 11.6 Å². The van der Waals surface area contributed by atoms with Gasteiger partial charge in [-0.15, -0.1) is 0 Å². The predicted octanol–water partition coefficient (Wildman–Crippen LogP) is 4.67. The molecule has 3 nitrogen and oxygen atoms in total. The first-order chi connectivity index (χ1) is 8.60. The van der Waals surface area contributed by atoms with Crippen molar-refractivity contribution in [3.63, 3.8) is 0 Å². The van der Waals surface area contributed by atoms with Crippen LogP contribution >= 0.6 is 31.9 Å². The van der Waals surface area contributed by atoms with Gasteiger partial charge in [0.05, 0.1) is 12.8 Å². The van der Waals surface area contributed by atoms with Gasteiger partial charge in [0.15, 0.2) is 0 Å². The first-order valence-corrected chi connectivity index (χ1v) is 6.91. The first-order valence-electron chi connectivity index (χ1n) is 5.33. The monoisotopic (exact) mass is 370 g/mol. The highest BCUT2D eigenvalue weighted by Gasteiger charge is 2.04. The second-order valence-electron chi connectivity index (χ2n) is 3.79. The molecule has 0 radical (unpaired) electrons. The van der Waals surface area contributed by atoms with Crippen LogP contribution in [0.2, 0.25) is 0 Å². The maximum Gasteiger partial charge on any atom is 0.130 e. The van der Waals surface area contributed by atoms with Gasteiger partial charge >= 0.3 is 0 Å². The second-order valence-corrected chi connectivity index (χ2v) is 5.50. The van der Waals surface area contributed by atoms with Crippen LogP contribution < -0.4 is 10.1 Å². The molecule has 1 aromatic heterocycles. The van der Waals surface area contributed by atoms with Gasteiger partial charge in [-0.25, -0.2) is 4.98 Å². The molecule has 0 bridgehead atoms. The molecule has 2 aromatic rings. The Hall–Kier alpha value is -1.07. The summed E-state index contributed by atoms with van der Waals surface area (Å²) in [6.45, 7) is 2.03. The van der Waals surface area contributed by atoms with Crippen molar-refractivity contribution < 1.29 is 4.74 Å². The van der Waals surface area contributed by atoms with Crippen molar-refractivity contribution >= 4 is 43.4 Å². The average Bonchev–Trinajstić information content (AvgIpc) is 2.36. The maximum absolute atomic E-state index is 5.20. The van der Waals surface area contributed by atoms with Gasteiger partial charge in [-0.2, -0.15) is 0 Å². The lowest BCUT2D eigenvalue weighted by Gasteiger charge is -2.10. The van der Waals surface area contributed by atoms with Gasteiger partial charge < -0.3 is 10.1 Å². The van der Waals surface area contributed by atoms with Crippen molar-refractivity contribution in [2.45, 2.75) is 6.92 Å². The Morgan fingerprint density at radius 2 is 1.94 bits per heavy atom. The molecule has 1 N–H and O–H groups in total. The number of pyridine rings is 1. The van der Waals surface area contributed by atoms with E-state index in [1.165, 1.54) is 0 Å². The third-order valence-electron chi connectivity index (χ3n) is 2.48. The number of ether oxygens (including phenoxy) is 1. The van der Waals surface area contributed by atoms with Crippen molar-refractivity contribution in [2.75, 3.05) is 12.4 Å². The van der Waals surface area contributed by atoms with E-state index in [9.17, 15) is 0 Å². The zero-order chi connectivity index (χ0) is 13.1. The number of nitrogens with one attached hydrogen (secondary N) is 1. The fourth-order valence-corrected chi connectivity index (χ4v) is 2.04. The van der Waals surface area contributed by atoms with Gasteiger partial charge in [-0.05, 0) is 62.5 Å². The molecule has 0 atom stereocenters. The Morgan fingerprint density at radius 3 is 2.61 bits per heavy atom. The van der Waals surface area contributed by atoms with E-state index in [0.29, 0.717) is 0 Å². The average molecular weight is 372 g/mol. The highest BCUT2D eigenvalue weighted by molar-refractivity contribution is 9.10. The second kappa shape index (κ2) is 5.71. The number of halogens is 2. The molecule has 18 heavy (non-hydrogen) atoms. The molecule has 2 rings (SSSR count). The van der Waals surface area contributed by atoms with Crippen LogP contribution in [0.5, 0.6) is 5.75 Å². The number of aromatic nitrogens is 1. The highest BCUT2D eigenvalue weighted by Crippen LogP contribution is 2.30. The molecule has 0 fully saturated rings. The quantitative estimate of drug-likeness (QED) is 0.851. The number of anilines is 2. The van der Waals surface area contributed by atoms with E-state index >= 15 is 0 Å². The lowest BCUT2D eigenvalue weighted by atomic mass is 10.2. The summed E-state index contributed by atoms with van der Waals surface area (Å²) < 4.78 is 7.16. The zero-order valence-electron chi connectivity index (χ0n) is 10.00. The fourth-order valence-electron chi connectivity index (χ4n) is 1.47. The molecular formula is C13H12Br2N2O. The maximum atomic E-state index is 5.20. The zero-order valence-corrected chi connectivity index (χ0v) is 13.2. The van der Waals surface area contributed by atoms with Gasteiger partial charge in [0.25, 0.3) is 0 Å². The van der Waals surface area contributed by atoms with Crippen LogP contribution in [-0.4, -0.2) is 12.1 Å². The lowest BCUT2D eigenvalue weighted by molar-refractivity contribution is 0.415. The smallest absolute Gasteiger partial charge is 0.130 e. The Kier molecular flexibility index (Phi) is 4.24. The SMILES string of the molecule is COc1ccc(Br)c(Nc2cc(C)c(Br)cn2)c1. The van der Waals surface area contributed by atoms with Gasteiger partial charge in [0.2, 0.25) is 0 Å². The van der Waals surface area contributed by atoms with E-state index < -0.39 is 0 Å². The minimum absolute atomic E-state index is 0.796. The summed E-state index contributed by atoms with van der Waals surface area (Å²) >= 11 is 6.93. The third kappa shape index (κ3) is 3.03. The van der Waals surface area contributed by atoms with Crippen LogP contribution in [0.25, 0.3) is 0 Å². The van der Waals surface area contributed by atoms with E-state index in [1.807, 2.05) is 31.2 Å². The number of benzene rings is 1. The van der Waals surface area contributed by atoms with Crippen molar-refractivity contribution in [3.8, 4) is 5.75 Å². The number of nitrogens with zero attached hydrogens (tertiary/aromatic N) is 1. The number of rotatable bonds is 3. The molecule has 94 valence electrons. The first kappa shape index (κ1) is 13.4. The number of hydrogen-bond acceptors (Lipinski definition) is 3. The molecule has 1 heterocycles. The van der Waals surface area contributed by atoms with E-state index in [0.717, 1.165) is 31.8 Å². The Labute approximate surface area is 123 Å². The molecular weight excluding hydrogens is 360 g/mol. The molecule has 0 aliphatic carbocycles. The molecule has 0 saturated carbocycles. The van der Waals surface area contributed by atoms with Gasteiger partial charge in [0, 0.05) is 21.2 Å². The van der Waals surface area contributed by atoms with E-state index in [4.69, 9.17) is 4.74 Å². The Bertz CT molecular complexity index is 573. The van der Waals surface area contributed by atoms with Crippen molar-refractivity contribution in [3.05, 3.63) is 45.0 Å². The van der Waals surface area contributed by atoms with E-state index in [2.05, 4.69) is 42.2 Å². The topological polar surface area (TPSA) is 34.1 Å². The molecule has 0 unspecified atom stereocenters. The van der Waals surface area contributed by atoms with E-state index in [1.54, 1.807) is 13.3 Å². The summed E-state index contributed by atoms with van der Waals surface area (Å²) in [5.74, 6) is 1.60. The van der Waals surface area contributed by atoms with Crippen LogP contribution in [-0.2, 0) is 0 Å². The molecule has 0 amide bonds. The summed E-state index contributed by atoms with van der Waals surface area (Å²) in [6.07, 6.45) is 1.78. The summed E-state index contributed by atoms with van der Waals surface area (Å²) in [4.78, 5) is 4.31. The number of aryl methyl sites for hydroxylation is 1. The molecule has 1 aromatic carbocycles. The minimum atomic E-state index is 0.796. The normalized spacial score (nSPS) is 10.2. The summed E-state index contributed by atoms with van der Waals surface area (Å²) in [5.41, 5.74) is 2.05.